The van der Waals surface area contributed by atoms with Crippen molar-refractivity contribution in [2.75, 3.05) is 5.73 Å². The third-order valence-corrected chi connectivity index (χ3v) is 1.90. The van der Waals surface area contributed by atoms with E-state index in [1.54, 1.807) is 0 Å². The summed E-state index contributed by atoms with van der Waals surface area (Å²) >= 11 is 5.62. The highest BCUT2D eigenvalue weighted by atomic mass is 35.5. The van der Waals surface area contributed by atoms with Gasteiger partial charge < -0.3 is 10.8 Å². The van der Waals surface area contributed by atoms with Crippen molar-refractivity contribution in [2.45, 2.75) is 0 Å². The quantitative estimate of drug-likeness (QED) is 0.678. The topological polar surface area (TPSA) is 93.5 Å². The minimum Gasteiger partial charge on any atom is -0.477 e. The van der Waals surface area contributed by atoms with Crippen LogP contribution in [0, 0.1) is 0 Å². The number of hydrogen-bond donors (Lipinski definition) is 2. The first-order valence-electron chi connectivity index (χ1n) is 3.63. The zero-order valence-corrected chi connectivity index (χ0v) is 7.56. The number of aromatic nitrogens is 3. The van der Waals surface area contributed by atoms with Gasteiger partial charge in [0.05, 0.1) is 0 Å². The second kappa shape index (κ2) is 2.85. The van der Waals surface area contributed by atoms with Gasteiger partial charge >= 0.3 is 5.97 Å². The fourth-order valence-electron chi connectivity index (χ4n) is 1.13. The number of rotatable bonds is 1. The van der Waals surface area contributed by atoms with E-state index in [1.165, 1.54) is 16.8 Å². The lowest BCUT2D eigenvalue weighted by Crippen LogP contribution is -2.00. The maximum absolute atomic E-state index is 10.8. The van der Waals surface area contributed by atoms with Gasteiger partial charge in [-0.25, -0.2) is 14.3 Å². The summed E-state index contributed by atoms with van der Waals surface area (Å²) in [6, 6.07) is 1.49. The minimum absolute atomic E-state index is 0.0766. The van der Waals surface area contributed by atoms with Crippen LogP contribution in [0.2, 0.25) is 5.15 Å². The van der Waals surface area contributed by atoms with Crippen LogP contribution in [0.25, 0.3) is 5.65 Å². The molecule has 3 N–H and O–H groups in total. The molecule has 72 valence electrons. The second-order valence-electron chi connectivity index (χ2n) is 2.58. The zero-order valence-electron chi connectivity index (χ0n) is 6.81. The summed E-state index contributed by atoms with van der Waals surface area (Å²) in [6.07, 6.45) is 1.49. The van der Waals surface area contributed by atoms with Crippen molar-refractivity contribution in [1.29, 1.82) is 0 Å². The highest BCUT2D eigenvalue weighted by Gasteiger charge is 2.18. The van der Waals surface area contributed by atoms with Gasteiger partial charge in [-0.05, 0) is 6.07 Å². The van der Waals surface area contributed by atoms with E-state index in [0.29, 0.717) is 0 Å². The molecule has 2 aromatic heterocycles. The van der Waals surface area contributed by atoms with Gasteiger partial charge in [0.2, 0.25) is 0 Å². The summed E-state index contributed by atoms with van der Waals surface area (Å²) in [7, 11) is 0. The van der Waals surface area contributed by atoms with Gasteiger partial charge in [-0.2, -0.15) is 0 Å². The van der Waals surface area contributed by atoms with Crippen LogP contribution in [0.1, 0.15) is 10.4 Å². The molecule has 2 aromatic rings. The van der Waals surface area contributed by atoms with Crippen molar-refractivity contribution in [2.24, 2.45) is 0 Å². The highest BCUT2D eigenvalue weighted by Crippen LogP contribution is 2.17. The number of nitrogens with zero attached hydrogens (tertiary/aromatic N) is 3. The molecular weight excluding hydrogens is 208 g/mol. The summed E-state index contributed by atoms with van der Waals surface area (Å²) in [4.78, 5) is 14.6. The van der Waals surface area contributed by atoms with E-state index in [1.807, 2.05) is 0 Å². The van der Waals surface area contributed by atoms with E-state index in [2.05, 4.69) is 10.1 Å². The Morgan fingerprint density at radius 2 is 2.36 bits per heavy atom. The van der Waals surface area contributed by atoms with E-state index in [9.17, 15) is 4.79 Å². The van der Waals surface area contributed by atoms with Crippen molar-refractivity contribution in [3.63, 3.8) is 0 Å². The number of fused-ring (bicyclic) bond motifs is 1. The van der Waals surface area contributed by atoms with E-state index in [-0.39, 0.29) is 22.2 Å². The summed E-state index contributed by atoms with van der Waals surface area (Å²) in [5, 5.41) is 12.8. The van der Waals surface area contributed by atoms with Gasteiger partial charge in [0.15, 0.2) is 11.5 Å². The lowest BCUT2D eigenvalue weighted by molar-refractivity contribution is 0.0700. The van der Waals surface area contributed by atoms with E-state index in [4.69, 9.17) is 22.4 Å². The molecule has 0 bridgehead atoms. The number of carboxylic acid groups (broad SMARTS) is 1. The van der Waals surface area contributed by atoms with Crippen molar-refractivity contribution in [1.82, 2.24) is 14.6 Å². The molecule has 2 rings (SSSR count). The molecule has 0 atom stereocenters. The first kappa shape index (κ1) is 8.76. The van der Waals surface area contributed by atoms with Crippen LogP contribution in [0.5, 0.6) is 0 Å². The Labute approximate surface area is 82.9 Å². The summed E-state index contributed by atoms with van der Waals surface area (Å²) < 4.78 is 1.27. The fourth-order valence-corrected chi connectivity index (χ4v) is 1.27. The van der Waals surface area contributed by atoms with Gasteiger partial charge in [-0.3, -0.25) is 0 Å². The van der Waals surface area contributed by atoms with Gasteiger partial charge in [0.1, 0.15) is 10.7 Å². The third-order valence-electron chi connectivity index (χ3n) is 1.69. The molecule has 0 aliphatic heterocycles. The van der Waals surface area contributed by atoms with Crippen molar-refractivity contribution >= 4 is 29.0 Å². The molecule has 14 heavy (non-hydrogen) atoms. The van der Waals surface area contributed by atoms with Gasteiger partial charge in [-0.1, -0.05) is 11.6 Å². The summed E-state index contributed by atoms with van der Waals surface area (Å²) in [5.74, 6) is -1.25. The molecule has 0 aromatic carbocycles. The van der Waals surface area contributed by atoms with Gasteiger partial charge in [0.25, 0.3) is 0 Å². The Bertz CT molecular complexity index is 522. The number of aromatic carboxylic acids is 1. The fraction of sp³-hybridized carbons (Fsp3) is 0. The first-order valence-corrected chi connectivity index (χ1v) is 4.01. The molecule has 0 spiro atoms. The normalized spacial score (nSPS) is 10.6. The average molecular weight is 213 g/mol. The largest absolute Gasteiger partial charge is 0.477 e. The van der Waals surface area contributed by atoms with Crippen molar-refractivity contribution in [3.05, 3.63) is 23.0 Å². The molecule has 0 radical (unpaired) electrons. The molecule has 0 amide bonds. The van der Waals surface area contributed by atoms with E-state index < -0.39 is 5.97 Å². The molecule has 0 fully saturated rings. The number of carboxylic acids is 1. The van der Waals surface area contributed by atoms with Crippen LogP contribution in [0.3, 0.4) is 0 Å². The van der Waals surface area contributed by atoms with Crippen LogP contribution in [0.15, 0.2) is 12.3 Å². The number of nitrogens with two attached hydrogens (primary N) is 1. The minimum atomic E-state index is -1.17. The Kier molecular flexibility index (Phi) is 1.78. The maximum Gasteiger partial charge on any atom is 0.343 e. The molecule has 0 saturated heterocycles. The molecule has 0 saturated carbocycles. The molecule has 2 heterocycles. The zero-order chi connectivity index (χ0) is 10.3. The van der Waals surface area contributed by atoms with Crippen LogP contribution >= 0.6 is 11.6 Å². The smallest absolute Gasteiger partial charge is 0.343 e. The van der Waals surface area contributed by atoms with E-state index in [0.717, 1.165) is 0 Å². The first-order chi connectivity index (χ1) is 6.59. The number of nitrogen functional groups attached to an aromatic ring is 1. The predicted octanol–water partition coefficient (Wildman–Crippen LogP) is 0.663. The van der Waals surface area contributed by atoms with Crippen LogP contribution < -0.4 is 5.73 Å². The monoisotopic (exact) mass is 212 g/mol. The lowest BCUT2D eigenvalue weighted by atomic mass is 10.3. The number of halogens is 1. The van der Waals surface area contributed by atoms with E-state index >= 15 is 0 Å². The average Bonchev–Trinajstić information content (AvgIpc) is 2.40. The molecule has 6 nitrogen and oxygen atoms in total. The predicted molar refractivity (Wildman–Crippen MR) is 49.4 cm³/mol. The summed E-state index contributed by atoms with van der Waals surface area (Å²) in [5.41, 5.74) is 5.42. The Balaban J connectivity index is 2.86. The standard InChI is InChI=1S/C7H5ClN4O2/c8-3-1-2-12-6(10-3)4(7(13)14)5(9)11-12/h1-2H,(H2,9,11)(H,13,14). The molecule has 0 aliphatic carbocycles. The van der Waals surface area contributed by atoms with Gasteiger partial charge in [-0.15, -0.1) is 5.10 Å². The Morgan fingerprint density at radius 1 is 1.64 bits per heavy atom. The Morgan fingerprint density at radius 3 is 3.00 bits per heavy atom. The second-order valence-corrected chi connectivity index (χ2v) is 2.97. The number of carbonyl (C=O) groups is 1. The van der Waals surface area contributed by atoms with Crippen molar-refractivity contribution in [3.8, 4) is 0 Å². The van der Waals surface area contributed by atoms with Crippen LogP contribution in [-0.2, 0) is 0 Å². The number of anilines is 1. The Hall–Kier alpha value is -1.82. The molecular formula is C7H5ClN4O2. The summed E-state index contributed by atoms with van der Waals surface area (Å²) in [6.45, 7) is 0. The van der Waals surface area contributed by atoms with Crippen LogP contribution in [0.4, 0.5) is 5.82 Å². The third kappa shape index (κ3) is 1.16. The SMILES string of the molecule is Nc1nn2ccc(Cl)nc2c1C(=O)O. The maximum atomic E-state index is 10.8. The highest BCUT2D eigenvalue weighted by molar-refractivity contribution is 6.29. The lowest BCUT2D eigenvalue weighted by Gasteiger charge is -1.93. The molecule has 0 aliphatic rings. The molecule has 0 unspecified atom stereocenters. The van der Waals surface area contributed by atoms with Crippen molar-refractivity contribution < 1.29 is 9.90 Å². The number of hydrogen-bond acceptors (Lipinski definition) is 4. The van der Waals surface area contributed by atoms with Gasteiger partial charge in [0, 0.05) is 6.20 Å². The van der Waals surface area contributed by atoms with Crippen LogP contribution in [-0.4, -0.2) is 25.7 Å². The molecule has 7 heteroatoms.